The molecule has 6 heteroatoms. The highest BCUT2D eigenvalue weighted by Crippen LogP contribution is 2.19. The van der Waals surface area contributed by atoms with Crippen LogP contribution in [0.3, 0.4) is 0 Å². The maximum Gasteiger partial charge on any atom is 0.147 e. The van der Waals surface area contributed by atoms with E-state index in [9.17, 15) is 12.8 Å². The Balaban J connectivity index is 2.68. The molecule has 0 aliphatic rings. The van der Waals surface area contributed by atoms with Crippen LogP contribution in [0.1, 0.15) is 12.0 Å². The van der Waals surface area contributed by atoms with Gasteiger partial charge in [-0.25, -0.2) is 12.8 Å². The van der Waals surface area contributed by atoms with Crippen molar-refractivity contribution < 1.29 is 17.5 Å². The molecule has 2 N–H and O–H groups in total. The van der Waals surface area contributed by atoms with Gasteiger partial charge in [-0.15, -0.1) is 0 Å². The Morgan fingerprint density at radius 1 is 1.42 bits per heavy atom. The molecule has 0 saturated heterocycles. The summed E-state index contributed by atoms with van der Waals surface area (Å²) >= 11 is 0. The van der Waals surface area contributed by atoms with E-state index in [1.54, 1.807) is 0 Å². The van der Waals surface area contributed by atoms with Gasteiger partial charge in [-0.05, 0) is 18.6 Å². The monoisotopic (exact) mass is 285 g/mol. The average molecular weight is 285 g/mol. The predicted molar refractivity (Wildman–Crippen MR) is 72.2 cm³/mol. The van der Waals surface area contributed by atoms with Gasteiger partial charge in [0.2, 0.25) is 0 Å². The zero-order chi connectivity index (χ0) is 14.3. The topological polar surface area (TPSA) is 69.4 Å². The Morgan fingerprint density at radius 2 is 2.16 bits per heavy atom. The molecule has 0 atom stereocenters. The van der Waals surface area contributed by atoms with Crippen molar-refractivity contribution in [1.29, 1.82) is 0 Å². The lowest BCUT2D eigenvalue weighted by Gasteiger charge is -2.08. The molecule has 0 aliphatic carbocycles. The van der Waals surface area contributed by atoms with E-state index < -0.39 is 15.7 Å². The van der Waals surface area contributed by atoms with Gasteiger partial charge in [0.1, 0.15) is 21.4 Å². The van der Waals surface area contributed by atoms with E-state index >= 15 is 0 Å². The van der Waals surface area contributed by atoms with Crippen LogP contribution in [0, 0.1) is 17.7 Å². The van der Waals surface area contributed by atoms with Crippen molar-refractivity contribution in [2.24, 2.45) is 5.73 Å². The molecule has 0 bridgehead atoms. The minimum atomic E-state index is -3.01. The van der Waals surface area contributed by atoms with Gasteiger partial charge in [-0.2, -0.15) is 0 Å². The summed E-state index contributed by atoms with van der Waals surface area (Å²) in [5.74, 6) is 5.33. The van der Waals surface area contributed by atoms with Gasteiger partial charge >= 0.3 is 0 Å². The molecule has 0 aliphatic heterocycles. The summed E-state index contributed by atoms with van der Waals surface area (Å²) in [6, 6.07) is 4.01. The van der Waals surface area contributed by atoms with Gasteiger partial charge in [-0.3, -0.25) is 0 Å². The summed E-state index contributed by atoms with van der Waals surface area (Å²) in [6.07, 6.45) is 1.51. The van der Waals surface area contributed by atoms with Crippen LogP contribution in [-0.2, 0) is 9.84 Å². The highest BCUT2D eigenvalue weighted by atomic mass is 32.2. The smallest absolute Gasteiger partial charge is 0.147 e. The number of hydrogen-bond acceptors (Lipinski definition) is 4. The summed E-state index contributed by atoms with van der Waals surface area (Å²) in [5, 5.41) is 0. The Labute approximate surface area is 112 Å². The number of rotatable bonds is 5. The van der Waals surface area contributed by atoms with Crippen molar-refractivity contribution in [2.75, 3.05) is 25.2 Å². The molecule has 0 spiro atoms. The fourth-order valence-electron chi connectivity index (χ4n) is 1.37. The number of ether oxygens (including phenoxy) is 1. The number of sulfone groups is 1. The first-order valence-corrected chi connectivity index (χ1v) is 7.77. The molecule has 0 aromatic heterocycles. The largest absolute Gasteiger partial charge is 0.492 e. The third-order valence-electron chi connectivity index (χ3n) is 2.19. The molecule has 104 valence electrons. The van der Waals surface area contributed by atoms with Gasteiger partial charge in [0.25, 0.3) is 0 Å². The second kappa shape index (κ2) is 7.12. The lowest BCUT2D eigenvalue weighted by atomic mass is 10.2. The van der Waals surface area contributed by atoms with Gasteiger partial charge < -0.3 is 10.5 Å². The normalized spacial score (nSPS) is 10.7. The predicted octanol–water partition coefficient (Wildman–Crippen LogP) is 0.949. The van der Waals surface area contributed by atoms with E-state index in [2.05, 4.69) is 11.8 Å². The Bertz CT molecular complexity index is 588. The van der Waals surface area contributed by atoms with Crippen LogP contribution < -0.4 is 10.5 Å². The van der Waals surface area contributed by atoms with E-state index in [-0.39, 0.29) is 18.9 Å². The third-order valence-corrected chi connectivity index (χ3v) is 3.22. The molecule has 0 heterocycles. The zero-order valence-electron chi connectivity index (χ0n) is 10.6. The van der Waals surface area contributed by atoms with Crippen LogP contribution in [0.25, 0.3) is 0 Å². The summed E-state index contributed by atoms with van der Waals surface area (Å²) in [7, 11) is -3.01. The number of benzene rings is 1. The second-order valence-corrected chi connectivity index (χ2v) is 6.24. The fourth-order valence-corrected chi connectivity index (χ4v) is 2.01. The standard InChI is InChI=1S/C13H16FNO3S/c1-19(16,17)9-3-8-18-13-10-12(14)6-5-11(13)4-2-7-15/h5-6,10H,3,7-9,15H2,1H3. The highest BCUT2D eigenvalue weighted by molar-refractivity contribution is 7.90. The zero-order valence-corrected chi connectivity index (χ0v) is 11.5. The number of halogens is 1. The van der Waals surface area contributed by atoms with Crippen molar-refractivity contribution in [3.8, 4) is 17.6 Å². The first-order chi connectivity index (χ1) is 8.92. The molecule has 4 nitrogen and oxygen atoms in total. The summed E-state index contributed by atoms with van der Waals surface area (Å²) in [6.45, 7) is 0.388. The van der Waals surface area contributed by atoms with Crippen molar-refractivity contribution in [2.45, 2.75) is 6.42 Å². The minimum absolute atomic E-state index is 0.0339. The van der Waals surface area contributed by atoms with Crippen molar-refractivity contribution in [3.05, 3.63) is 29.6 Å². The first kappa shape index (κ1) is 15.5. The summed E-state index contributed by atoms with van der Waals surface area (Å²) in [5.41, 5.74) is 5.80. The molecule has 0 saturated carbocycles. The Hall–Kier alpha value is -1.58. The second-order valence-electron chi connectivity index (χ2n) is 3.98. The van der Waals surface area contributed by atoms with Crippen molar-refractivity contribution in [3.63, 3.8) is 0 Å². The Kier molecular flexibility index (Phi) is 5.80. The van der Waals surface area contributed by atoms with Crippen LogP contribution in [-0.4, -0.2) is 33.6 Å². The average Bonchev–Trinajstić information content (AvgIpc) is 2.32. The lowest BCUT2D eigenvalue weighted by Crippen LogP contribution is -2.08. The molecular formula is C13H16FNO3S. The molecular weight excluding hydrogens is 269 g/mol. The highest BCUT2D eigenvalue weighted by Gasteiger charge is 2.05. The van der Waals surface area contributed by atoms with E-state index in [0.29, 0.717) is 17.7 Å². The van der Waals surface area contributed by atoms with Crippen molar-refractivity contribution >= 4 is 9.84 Å². The summed E-state index contributed by atoms with van der Waals surface area (Å²) < 4.78 is 40.4. The molecule has 0 amide bonds. The fraction of sp³-hybridized carbons (Fsp3) is 0.385. The first-order valence-electron chi connectivity index (χ1n) is 5.71. The van der Waals surface area contributed by atoms with Crippen LogP contribution in [0.15, 0.2) is 18.2 Å². The Morgan fingerprint density at radius 3 is 2.79 bits per heavy atom. The van der Waals surface area contributed by atoms with E-state index in [0.717, 1.165) is 6.26 Å². The number of hydrogen-bond donors (Lipinski definition) is 1. The summed E-state index contributed by atoms with van der Waals surface area (Å²) in [4.78, 5) is 0. The minimum Gasteiger partial charge on any atom is -0.492 e. The van der Waals surface area contributed by atoms with Crippen LogP contribution in [0.4, 0.5) is 4.39 Å². The van der Waals surface area contributed by atoms with Crippen LogP contribution in [0.2, 0.25) is 0 Å². The molecule has 1 aromatic carbocycles. The SMILES string of the molecule is CS(=O)(=O)CCCOc1cc(F)ccc1C#CCN. The van der Waals surface area contributed by atoms with E-state index in [4.69, 9.17) is 10.5 Å². The van der Waals surface area contributed by atoms with Crippen LogP contribution in [0.5, 0.6) is 5.75 Å². The quantitative estimate of drug-likeness (QED) is 0.646. The molecule has 19 heavy (non-hydrogen) atoms. The van der Waals surface area contributed by atoms with Crippen LogP contribution >= 0.6 is 0 Å². The maximum atomic E-state index is 13.1. The van der Waals surface area contributed by atoms with Gasteiger partial charge in [0.05, 0.1) is 24.5 Å². The molecule has 0 fully saturated rings. The lowest BCUT2D eigenvalue weighted by molar-refractivity contribution is 0.315. The van der Waals surface area contributed by atoms with Gasteiger partial charge in [0, 0.05) is 12.3 Å². The third kappa shape index (κ3) is 6.22. The van der Waals surface area contributed by atoms with Gasteiger partial charge in [-0.1, -0.05) is 11.8 Å². The van der Waals surface area contributed by atoms with Crippen molar-refractivity contribution in [1.82, 2.24) is 0 Å². The molecule has 1 aromatic rings. The number of nitrogens with two attached hydrogens (primary N) is 1. The molecule has 0 unspecified atom stereocenters. The molecule has 1 rings (SSSR count). The maximum absolute atomic E-state index is 13.1. The van der Waals surface area contributed by atoms with E-state index in [1.165, 1.54) is 18.2 Å². The van der Waals surface area contributed by atoms with E-state index in [1.807, 2.05) is 0 Å². The van der Waals surface area contributed by atoms with Gasteiger partial charge in [0.15, 0.2) is 0 Å². The molecule has 0 radical (unpaired) electrons.